The Labute approximate surface area is 174 Å². The molecule has 0 saturated heterocycles. The number of nitrogens with one attached hydrogen (secondary N) is 1. The van der Waals surface area contributed by atoms with E-state index in [0.717, 1.165) is 17.5 Å². The van der Waals surface area contributed by atoms with Gasteiger partial charge in [-0.15, -0.1) is 0 Å². The first-order chi connectivity index (χ1) is 14.5. The minimum Gasteiger partial charge on any atom is -0.455 e. The highest BCUT2D eigenvalue weighted by Gasteiger charge is 2.20. The van der Waals surface area contributed by atoms with Crippen LogP contribution in [-0.4, -0.2) is 23.9 Å². The van der Waals surface area contributed by atoms with Crippen LogP contribution < -0.4 is 5.32 Å². The average Bonchev–Trinajstić information content (AvgIpc) is 3.34. The molecule has 0 fully saturated rings. The fourth-order valence-electron chi connectivity index (χ4n) is 3.26. The highest BCUT2D eigenvalue weighted by atomic mass is 32.2. The van der Waals surface area contributed by atoms with E-state index >= 15 is 0 Å². The van der Waals surface area contributed by atoms with E-state index < -0.39 is 15.7 Å². The minimum atomic E-state index is -3.56. The second-order valence-electron chi connectivity index (χ2n) is 6.87. The molecule has 0 bridgehead atoms. The number of carbonyl (C=O) groups excluding carboxylic acids is 1. The van der Waals surface area contributed by atoms with Crippen molar-refractivity contribution in [3.8, 4) is 0 Å². The van der Waals surface area contributed by atoms with Gasteiger partial charge in [-0.25, -0.2) is 13.4 Å². The van der Waals surface area contributed by atoms with Crippen LogP contribution in [0, 0.1) is 0 Å². The topological polar surface area (TPSA) is 94.2 Å². The monoisotopic (exact) mass is 423 g/mol. The Morgan fingerprint density at radius 2 is 1.77 bits per heavy atom. The smallest absolute Gasteiger partial charge is 0.293 e. The lowest BCUT2D eigenvalue weighted by molar-refractivity contribution is 0.0994. The van der Waals surface area contributed by atoms with Crippen LogP contribution in [0.15, 0.2) is 76.0 Å². The van der Waals surface area contributed by atoms with E-state index in [2.05, 4.69) is 10.3 Å². The molecule has 7 nitrogen and oxygen atoms in total. The fourth-order valence-corrected chi connectivity index (χ4v) is 4.53. The summed E-state index contributed by atoms with van der Waals surface area (Å²) in [6, 6.07) is 18.8. The number of fused-ring (bicyclic) bond motifs is 1. The van der Waals surface area contributed by atoms with Crippen LogP contribution >= 0.6 is 0 Å². The van der Waals surface area contributed by atoms with Crippen molar-refractivity contribution >= 4 is 32.7 Å². The lowest BCUT2D eigenvalue weighted by Crippen LogP contribution is -2.15. The molecule has 0 unspecified atom stereocenters. The molecule has 0 radical (unpaired) electrons. The maximum absolute atomic E-state index is 12.7. The molecule has 0 saturated carbocycles. The largest absolute Gasteiger partial charge is 0.455 e. The molecular formula is C22H21N3O4S. The van der Waals surface area contributed by atoms with E-state index in [1.54, 1.807) is 18.2 Å². The van der Waals surface area contributed by atoms with E-state index in [9.17, 15) is 13.2 Å². The molecule has 1 N–H and O–H groups in total. The number of amides is 1. The van der Waals surface area contributed by atoms with Crippen molar-refractivity contribution in [1.82, 2.24) is 9.55 Å². The van der Waals surface area contributed by atoms with Crippen LogP contribution in [0.5, 0.6) is 0 Å². The molecule has 0 spiro atoms. The van der Waals surface area contributed by atoms with Gasteiger partial charge in [0.1, 0.15) is 11.5 Å². The van der Waals surface area contributed by atoms with Gasteiger partial charge in [0.25, 0.3) is 5.91 Å². The van der Waals surface area contributed by atoms with Gasteiger partial charge in [0.05, 0.1) is 15.9 Å². The number of anilines is 1. The van der Waals surface area contributed by atoms with E-state index in [-0.39, 0.29) is 22.2 Å². The maximum Gasteiger partial charge on any atom is 0.293 e. The normalized spacial score (nSPS) is 11.6. The summed E-state index contributed by atoms with van der Waals surface area (Å²) in [6.07, 6.45) is 0.880. The number of nitrogens with zero attached hydrogens (tertiary/aromatic N) is 2. The van der Waals surface area contributed by atoms with E-state index in [1.165, 1.54) is 24.3 Å². The molecule has 2 aromatic carbocycles. The number of aromatic nitrogens is 2. The summed E-state index contributed by atoms with van der Waals surface area (Å²) >= 11 is 0. The number of hydrogen-bond donors (Lipinski definition) is 1. The maximum atomic E-state index is 12.7. The van der Waals surface area contributed by atoms with E-state index in [1.807, 2.05) is 35.8 Å². The van der Waals surface area contributed by atoms with Crippen molar-refractivity contribution in [3.05, 3.63) is 78.3 Å². The van der Waals surface area contributed by atoms with Gasteiger partial charge in [-0.1, -0.05) is 37.3 Å². The highest BCUT2D eigenvalue weighted by molar-refractivity contribution is 7.90. The van der Waals surface area contributed by atoms with Crippen LogP contribution in [0.2, 0.25) is 0 Å². The zero-order valence-corrected chi connectivity index (χ0v) is 17.2. The molecule has 30 heavy (non-hydrogen) atoms. The van der Waals surface area contributed by atoms with Crippen molar-refractivity contribution in [3.63, 3.8) is 0 Å². The van der Waals surface area contributed by atoms with Gasteiger partial charge in [0.2, 0.25) is 5.95 Å². The minimum absolute atomic E-state index is 0.0309. The summed E-state index contributed by atoms with van der Waals surface area (Å²) in [5, 5.41) is 2.78. The average molecular weight is 423 g/mol. The molecule has 0 aliphatic carbocycles. The Morgan fingerprint density at radius 1 is 1.03 bits per heavy atom. The molecule has 8 heteroatoms. The Bertz CT molecular complexity index is 1290. The second-order valence-corrected chi connectivity index (χ2v) is 8.86. The Kier molecular flexibility index (Phi) is 5.41. The van der Waals surface area contributed by atoms with Gasteiger partial charge in [-0.05, 0) is 42.8 Å². The molecular weight excluding hydrogens is 402 g/mol. The van der Waals surface area contributed by atoms with Crippen molar-refractivity contribution < 1.29 is 17.6 Å². The number of sulfone groups is 1. The molecule has 0 aliphatic rings. The highest BCUT2D eigenvalue weighted by Crippen LogP contribution is 2.22. The molecule has 154 valence electrons. The van der Waals surface area contributed by atoms with Crippen molar-refractivity contribution in [2.45, 2.75) is 30.5 Å². The number of hydrogen-bond acceptors (Lipinski definition) is 5. The van der Waals surface area contributed by atoms with Crippen LogP contribution in [0.1, 0.15) is 29.7 Å². The molecule has 1 amide bonds. The van der Waals surface area contributed by atoms with Crippen molar-refractivity contribution in [2.24, 2.45) is 0 Å². The van der Waals surface area contributed by atoms with Gasteiger partial charge in [-0.2, -0.15) is 0 Å². The second kappa shape index (κ2) is 8.16. The van der Waals surface area contributed by atoms with Crippen LogP contribution in [0.3, 0.4) is 0 Å². The van der Waals surface area contributed by atoms with E-state index in [0.29, 0.717) is 12.5 Å². The van der Waals surface area contributed by atoms with Crippen LogP contribution in [-0.2, 0) is 22.1 Å². The number of aryl methyl sites for hydroxylation is 1. The first-order valence-electron chi connectivity index (χ1n) is 9.61. The number of imidazole rings is 1. The summed E-state index contributed by atoms with van der Waals surface area (Å²) in [7, 11) is -3.56. The number of benzene rings is 2. The predicted molar refractivity (Wildman–Crippen MR) is 114 cm³/mol. The summed E-state index contributed by atoms with van der Waals surface area (Å²) in [5.41, 5.74) is 1.72. The van der Waals surface area contributed by atoms with Gasteiger partial charge in [-0.3, -0.25) is 10.1 Å². The summed E-state index contributed by atoms with van der Waals surface area (Å²) in [5.74, 6) is -0.142. The number of carbonyl (C=O) groups is 1. The van der Waals surface area contributed by atoms with Gasteiger partial charge >= 0.3 is 0 Å². The van der Waals surface area contributed by atoms with Gasteiger partial charge < -0.3 is 8.98 Å². The third-order valence-electron chi connectivity index (χ3n) is 4.65. The van der Waals surface area contributed by atoms with Crippen molar-refractivity contribution in [2.75, 3.05) is 5.32 Å². The lowest BCUT2D eigenvalue weighted by Gasteiger charge is -2.08. The summed E-state index contributed by atoms with van der Waals surface area (Å²) in [6.45, 7) is 2.75. The molecule has 4 aromatic rings. The standard InChI is InChI=1S/C22H21N3O4S/c1-2-14-25-19-11-7-6-10-18(19)23-22(25)24-21(26)20-13-12-16(29-20)15-30(27,28)17-8-4-3-5-9-17/h3-13H,2,14-15H2,1H3,(H,23,24,26). The van der Waals surface area contributed by atoms with E-state index in [4.69, 9.17) is 4.42 Å². The fraction of sp³-hybridized carbons (Fsp3) is 0.182. The lowest BCUT2D eigenvalue weighted by atomic mass is 10.3. The SMILES string of the molecule is CCCn1c(NC(=O)c2ccc(CS(=O)(=O)c3ccccc3)o2)nc2ccccc21. The Morgan fingerprint density at radius 3 is 2.53 bits per heavy atom. The number of para-hydroxylation sites is 2. The number of rotatable bonds is 7. The summed E-state index contributed by atoms with van der Waals surface area (Å²) < 4.78 is 32.5. The first-order valence-corrected chi connectivity index (χ1v) is 11.3. The van der Waals surface area contributed by atoms with Crippen LogP contribution in [0.4, 0.5) is 5.95 Å². The first kappa shape index (κ1) is 19.9. The Hall–Kier alpha value is -3.39. The van der Waals surface area contributed by atoms with Crippen molar-refractivity contribution in [1.29, 1.82) is 0 Å². The quantitative estimate of drug-likeness (QED) is 0.479. The third-order valence-corrected chi connectivity index (χ3v) is 6.30. The number of furan rings is 1. The van der Waals surface area contributed by atoms with Gasteiger partial charge in [0.15, 0.2) is 15.6 Å². The molecule has 2 heterocycles. The predicted octanol–water partition coefficient (Wildman–Crippen LogP) is 4.27. The third kappa shape index (κ3) is 3.99. The Balaban J connectivity index is 1.54. The summed E-state index contributed by atoms with van der Waals surface area (Å²) in [4.78, 5) is 17.4. The molecule has 4 rings (SSSR count). The molecule has 0 aliphatic heterocycles. The zero-order chi connectivity index (χ0) is 21.1. The molecule has 0 atom stereocenters. The molecule has 2 aromatic heterocycles. The zero-order valence-electron chi connectivity index (χ0n) is 16.4. The van der Waals surface area contributed by atoms with Crippen LogP contribution in [0.25, 0.3) is 11.0 Å². The van der Waals surface area contributed by atoms with Gasteiger partial charge in [0, 0.05) is 6.54 Å².